The van der Waals surface area contributed by atoms with Crippen LogP contribution in [0.3, 0.4) is 0 Å². The first-order chi connectivity index (χ1) is 27.3. The maximum absolute atomic E-state index is 6.55. The number of nitrogens with zero attached hydrogens (tertiary/aromatic N) is 2. The maximum atomic E-state index is 6.55. The topological polar surface area (TPSA) is 42.4 Å². The van der Waals surface area contributed by atoms with Crippen LogP contribution in [-0.2, 0) is 0 Å². The van der Waals surface area contributed by atoms with Crippen molar-refractivity contribution in [2.24, 2.45) is 0 Å². The standard InChI is InChI=1S/C51H32N2O2/c1-3-14-33(15-4-1)35-19-11-21-38(30-35)53(45-32-37-18-7-8-23-40(37)42-24-9-10-25-43(42)45)39-22-12-20-36(31-39)41-26-13-27-46-48(41)49-47(54-46)29-28-44-50(49)55-51(52-44)34-16-5-2-6-17-34/h1-32H. The highest BCUT2D eigenvalue weighted by Crippen LogP contribution is 2.46. The van der Waals surface area contributed by atoms with E-state index < -0.39 is 0 Å². The van der Waals surface area contributed by atoms with Gasteiger partial charge in [-0.3, -0.25) is 0 Å². The molecule has 2 aromatic heterocycles. The molecule has 0 aliphatic carbocycles. The summed E-state index contributed by atoms with van der Waals surface area (Å²) in [5.74, 6) is 0.591. The first-order valence-corrected chi connectivity index (χ1v) is 18.5. The first kappa shape index (κ1) is 31.1. The third kappa shape index (κ3) is 5.19. The van der Waals surface area contributed by atoms with E-state index in [0.29, 0.717) is 5.89 Å². The van der Waals surface area contributed by atoms with Crippen molar-refractivity contribution >= 4 is 71.6 Å². The summed E-state index contributed by atoms with van der Waals surface area (Å²) < 4.78 is 13.0. The van der Waals surface area contributed by atoms with E-state index in [9.17, 15) is 0 Å². The molecule has 0 radical (unpaired) electrons. The van der Waals surface area contributed by atoms with Crippen molar-refractivity contribution in [2.45, 2.75) is 0 Å². The Morgan fingerprint density at radius 1 is 0.400 bits per heavy atom. The molecular weight excluding hydrogens is 673 g/mol. The smallest absolute Gasteiger partial charge is 0.227 e. The molecule has 0 fully saturated rings. The van der Waals surface area contributed by atoms with Crippen LogP contribution in [0.4, 0.5) is 17.1 Å². The number of oxazole rings is 1. The first-order valence-electron chi connectivity index (χ1n) is 18.5. The van der Waals surface area contributed by atoms with E-state index in [1.165, 1.54) is 27.1 Å². The van der Waals surface area contributed by atoms with Crippen LogP contribution in [0.5, 0.6) is 0 Å². The number of anilines is 3. The summed E-state index contributed by atoms with van der Waals surface area (Å²) in [4.78, 5) is 7.29. The third-order valence-electron chi connectivity index (χ3n) is 10.7. The molecule has 11 rings (SSSR count). The molecule has 0 aliphatic rings. The molecule has 11 aromatic rings. The van der Waals surface area contributed by atoms with Gasteiger partial charge in [-0.25, -0.2) is 4.98 Å². The van der Waals surface area contributed by atoms with Gasteiger partial charge in [0, 0.05) is 27.7 Å². The van der Waals surface area contributed by atoms with E-state index in [0.717, 1.165) is 72.4 Å². The highest BCUT2D eigenvalue weighted by molar-refractivity contribution is 6.21. The Kier molecular flexibility index (Phi) is 7.14. The van der Waals surface area contributed by atoms with E-state index >= 15 is 0 Å². The Labute approximate surface area is 317 Å². The average Bonchev–Trinajstić information content (AvgIpc) is 3.87. The summed E-state index contributed by atoms with van der Waals surface area (Å²) in [7, 11) is 0. The van der Waals surface area contributed by atoms with E-state index in [1.54, 1.807) is 0 Å². The van der Waals surface area contributed by atoms with Crippen molar-refractivity contribution in [3.05, 3.63) is 194 Å². The van der Waals surface area contributed by atoms with E-state index in [4.69, 9.17) is 13.8 Å². The van der Waals surface area contributed by atoms with Crippen molar-refractivity contribution in [3.8, 4) is 33.7 Å². The third-order valence-corrected chi connectivity index (χ3v) is 10.7. The van der Waals surface area contributed by atoms with Gasteiger partial charge in [-0.15, -0.1) is 0 Å². The van der Waals surface area contributed by atoms with Gasteiger partial charge in [-0.1, -0.05) is 133 Å². The fourth-order valence-corrected chi connectivity index (χ4v) is 8.15. The zero-order valence-corrected chi connectivity index (χ0v) is 29.7. The predicted molar refractivity (Wildman–Crippen MR) is 227 cm³/mol. The summed E-state index contributed by atoms with van der Waals surface area (Å²) >= 11 is 0. The molecule has 258 valence electrons. The average molecular weight is 705 g/mol. The molecule has 0 bridgehead atoms. The van der Waals surface area contributed by atoms with Crippen LogP contribution in [0.1, 0.15) is 0 Å². The predicted octanol–water partition coefficient (Wildman–Crippen LogP) is 14.5. The summed E-state index contributed by atoms with van der Waals surface area (Å²) in [6, 6.07) is 68.3. The minimum atomic E-state index is 0.591. The number of rotatable bonds is 6. The normalized spacial score (nSPS) is 11.6. The van der Waals surface area contributed by atoms with Gasteiger partial charge >= 0.3 is 0 Å². The highest BCUT2D eigenvalue weighted by atomic mass is 16.4. The van der Waals surface area contributed by atoms with Gasteiger partial charge in [0.25, 0.3) is 0 Å². The molecule has 4 heteroatoms. The second-order valence-electron chi connectivity index (χ2n) is 13.9. The van der Waals surface area contributed by atoms with Crippen LogP contribution >= 0.6 is 0 Å². The summed E-state index contributed by atoms with van der Waals surface area (Å²) in [5.41, 5.74) is 11.7. The van der Waals surface area contributed by atoms with E-state index in [2.05, 4.69) is 150 Å². The number of furan rings is 1. The molecule has 0 amide bonds. The molecule has 4 nitrogen and oxygen atoms in total. The second-order valence-corrected chi connectivity index (χ2v) is 13.9. The van der Waals surface area contributed by atoms with Gasteiger partial charge in [0.1, 0.15) is 16.7 Å². The van der Waals surface area contributed by atoms with Crippen molar-refractivity contribution < 1.29 is 8.83 Å². The van der Waals surface area contributed by atoms with Crippen LogP contribution in [-0.4, -0.2) is 4.98 Å². The van der Waals surface area contributed by atoms with E-state index in [1.807, 2.05) is 48.5 Å². The largest absolute Gasteiger partial charge is 0.456 e. The zero-order chi connectivity index (χ0) is 36.3. The molecule has 0 aliphatic heterocycles. The van der Waals surface area contributed by atoms with Crippen LogP contribution in [0.15, 0.2) is 203 Å². The molecule has 0 atom stereocenters. The summed E-state index contributed by atoms with van der Waals surface area (Å²) in [6.07, 6.45) is 0. The SMILES string of the molecule is c1ccc(-c2cccc(N(c3cccc(-c4cccc5oc6ccc7nc(-c8ccccc8)oc7c6c45)c3)c3cc4ccccc4c4ccccc34)c2)cc1. The van der Waals surface area contributed by atoms with Gasteiger partial charge in [-0.2, -0.15) is 0 Å². The van der Waals surface area contributed by atoms with Crippen molar-refractivity contribution in [1.82, 2.24) is 4.98 Å². The van der Waals surface area contributed by atoms with E-state index in [-0.39, 0.29) is 0 Å². The molecule has 55 heavy (non-hydrogen) atoms. The monoisotopic (exact) mass is 704 g/mol. The summed E-state index contributed by atoms with van der Waals surface area (Å²) in [6.45, 7) is 0. The number of hydrogen-bond acceptors (Lipinski definition) is 4. The van der Waals surface area contributed by atoms with Crippen LogP contribution < -0.4 is 4.90 Å². The fourth-order valence-electron chi connectivity index (χ4n) is 8.15. The van der Waals surface area contributed by atoms with Gasteiger partial charge in [0.2, 0.25) is 5.89 Å². The maximum Gasteiger partial charge on any atom is 0.227 e. The lowest BCUT2D eigenvalue weighted by molar-refractivity contribution is 0.622. The number of fused-ring (bicyclic) bond motifs is 8. The molecule has 0 unspecified atom stereocenters. The Morgan fingerprint density at radius 3 is 1.82 bits per heavy atom. The van der Waals surface area contributed by atoms with Gasteiger partial charge < -0.3 is 13.7 Å². The Balaban J connectivity index is 1.15. The number of benzene rings is 9. The molecule has 0 spiro atoms. The quantitative estimate of drug-likeness (QED) is 0.162. The Hall–Kier alpha value is -7.43. The lowest BCUT2D eigenvalue weighted by Gasteiger charge is -2.28. The number of aromatic nitrogens is 1. The lowest BCUT2D eigenvalue weighted by Crippen LogP contribution is -2.11. The number of hydrogen-bond donors (Lipinski definition) is 0. The van der Waals surface area contributed by atoms with Crippen LogP contribution in [0.25, 0.3) is 88.3 Å². The van der Waals surface area contributed by atoms with Gasteiger partial charge in [0.15, 0.2) is 5.58 Å². The molecular formula is C51H32N2O2. The minimum absolute atomic E-state index is 0.591. The van der Waals surface area contributed by atoms with Gasteiger partial charge in [-0.05, 0) is 99.1 Å². The van der Waals surface area contributed by atoms with Crippen LogP contribution in [0.2, 0.25) is 0 Å². The molecule has 9 aromatic carbocycles. The molecule has 0 saturated heterocycles. The zero-order valence-electron chi connectivity index (χ0n) is 29.7. The van der Waals surface area contributed by atoms with Crippen molar-refractivity contribution in [1.29, 1.82) is 0 Å². The Bertz CT molecular complexity index is 3220. The molecule has 0 saturated carbocycles. The fraction of sp³-hybridized carbons (Fsp3) is 0. The van der Waals surface area contributed by atoms with Gasteiger partial charge in [0.05, 0.1) is 11.1 Å². The minimum Gasteiger partial charge on any atom is -0.456 e. The van der Waals surface area contributed by atoms with Crippen molar-refractivity contribution in [3.63, 3.8) is 0 Å². The molecule has 2 heterocycles. The van der Waals surface area contributed by atoms with Crippen LogP contribution in [0, 0.1) is 0 Å². The lowest BCUT2D eigenvalue weighted by atomic mass is 9.97. The molecule has 0 N–H and O–H groups in total. The summed E-state index contributed by atoms with van der Waals surface area (Å²) in [5, 5.41) is 6.76. The Morgan fingerprint density at radius 2 is 1.02 bits per heavy atom. The van der Waals surface area contributed by atoms with Crippen molar-refractivity contribution in [2.75, 3.05) is 4.90 Å². The highest BCUT2D eigenvalue weighted by Gasteiger charge is 2.22. The second kappa shape index (κ2) is 12.6.